The first-order valence-corrected chi connectivity index (χ1v) is 6.76. The van der Waals surface area contributed by atoms with Crippen molar-refractivity contribution in [1.29, 1.82) is 0 Å². The molecule has 0 bridgehead atoms. The van der Waals surface area contributed by atoms with Gasteiger partial charge in [0.25, 0.3) is 0 Å². The summed E-state index contributed by atoms with van der Waals surface area (Å²) in [6, 6.07) is 14.9. The Morgan fingerprint density at radius 1 is 1.20 bits per heavy atom. The fraction of sp³-hybridized carbons (Fsp3) is 0.250. The highest BCUT2D eigenvalue weighted by molar-refractivity contribution is 6.30. The van der Waals surface area contributed by atoms with Crippen LogP contribution in [0.25, 0.3) is 0 Å². The number of aliphatic hydroxyl groups is 1. The topological polar surface area (TPSA) is 41.5 Å². The molecular weight excluding hydrogens is 274 g/mol. The van der Waals surface area contributed by atoms with Gasteiger partial charge in [-0.2, -0.15) is 0 Å². The molecule has 1 atom stereocenters. The number of anilines is 1. The smallest absolute Gasteiger partial charge is 0.142 e. The van der Waals surface area contributed by atoms with Gasteiger partial charge in [0.05, 0.1) is 12.8 Å². The summed E-state index contributed by atoms with van der Waals surface area (Å²) in [5.74, 6) is 0.693. The van der Waals surface area contributed by atoms with Crippen LogP contribution in [0, 0.1) is 0 Å². The van der Waals surface area contributed by atoms with Gasteiger partial charge in [0.2, 0.25) is 0 Å². The van der Waals surface area contributed by atoms with Crippen molar-refractivity contribution < 1.29 is 9.84 Å². The molecule has 0 amide bonds. The lowest BCUT2D eigenvalue weighted by Crippen LogP contribution is -2.30. The lowest BCUT2D eigenvalue weighted by molar-refractivity contribution is 0.0715. The number of methoxy groups -OCH3 is 1. The van der Waals surface area contributed by atoms with E-state index in [-0.39, 0.29) is 0 Å². The number of nitrogens with one attached hydrogen (secondary N) is 1. The van der Waals surface area contributed by atoms with Gasteiger partial charge in [0.1, 0.15) is 11.4 Å². The van der Waals surface area contributed by atoms with Crippen LogP contribution in [0.3, 0.4) is 0 Å². The normalized spacial score (nSPS) is 13.6. The highest BCUT2D eigenvalue weighted by Crippen LogP contribution is 2.29. The van der Waals surface area contributed by atoms with Gasteiger partial charge in [-0.3, -0.25) is 0 Å². The van der Waals surface area contributed by atoms with Crippen molar-refractivity contribution in [3.05, 3.63) is 59.1 Å². The van der Waals surface area contributed by atoms with Crippen molar-refractivity contribution in [2.45, 2.75) is 12.5 Å². The summed E-state index contributed by atoms with van der Waals surface area (Å²) in [7, 11) is 1.60. The first-order chi connectivity index (χ1) is 9.53. The molecule has 0 fully saturated rings. The van der Waals surface area contributed by atoms with Crippen molar-refractivity contribution in [3.63, 3.8) is 0 Å². The van der Waals surface area contributed by atoms with Crippen LogP contribution in [0.4, 0.5) is 5.69 Å². The predicted molar refractivity (Wildman–Crippen MR) is 82.5 cm³/mol. The van der Waals surface area contributed by atoms with Crippen molar-refractivity contribution in [3.8, 4) is 5.75 Å². The summed E-state index contributed by atoms with van der Waals surface area (Å²) in [4.78, 5) is 0. The average Bonchev–Trinajstić information content (AvgIpc) is 2.46. The summed E-state index contributed by atoms with van der Waals surface area (Å²) in [5, 5.41) is 14.3. The molecule has 20 heavy (non-hydrogen) atoms. The second-order valence-corrected chi connectivity index (χ2v) is 5.27. The van der Waals surface area contributed by atoms with Gasteiger partial charge in [0, 0.05) is 11.6 Å². The van der Waals surface area contributed by atoms with E-state index in [1.165, 1.54) is 0 Å². The third kappa shape index (κ3) is 3.44. The summed E-state index contributed by atoms with van der Waals surface area (Å²) in [6.07, 6.45) is 0. The Morgan fingerprint density at radius 2 is 1.90 bits per heavy atom. The molecule has 0 aromatic heterocycles. The summed E-state index contributed by atoms with van der Waals surface area (Å²) in [5.41, 5.74) is 0.638. The van der Waals surface area contributed by atoms with E-state index in [1.807, 2.05) is 30.3 Å². The zero-order valence-electron chi connectivity index (χ0n) is 11.6. The minimum atomic E-state index is -0.978. The molecule has 2 aromatic rings. The predicted octanol–water partition coefficient (Wildman–Crippen LogP) is 3.67. The minimum Gasteiger partial charge on any atom is -0.495 e. The molecule has 0 aliphatic heterocycles. The van der Waals surface area contributed by atoms with Crippen molar-refractivity contribution in [2.24, 2.45) is 0 Å². The van der Waals surface area contributed by atoms with Crippen molar-refractivity contribution in [1.82, 2.24) is 0 Å². The third-order valence-electron chi connectivity index (χ3n) is 3.18. The Balaban J connectivity index is 2.14. The van der Waals surface area contributed by atoms with Gasteiger partial charge < -0.3 is 15.2 Å². The number of hydrogen-bond donors (Lipinski definition) is 2. The number of halogens is 1. The maximum Gasteiger partial charge on any atom is 0.142 e. The van der Waals surface area contributed by atoms with E-state index < -0.39 is 5.60 Å². The van der Waals surface area contributed by atoms with Gasteiger partial charge >= 0.3 is 0 Å². The highest BCUT2D eigenvalue weighted by Gasteiger charge is 2.22. The van der Waals surface area contributed by atoms with E-state index in [9.17, 15) is 5.11 Å². The SMILES string of the molecule is COc1ccc(Cl)cc1NCC(C)(O)c1ccccc1. The second kappa shape index (κ2) is 6.16. The monoisotopic (exact) mass is 291 g/mol. The van der Waals surface area contributed by atoms with E-state index in [2.05, 4.69) is 5.32 Å². The lowest BCUT2D eigenvalue weighted by atomic mass is 9.96. The van der Waals surface area contributed by atoms with Crippen LogP contribution in [0.2, 0.25) is 5.02 Å². The molecule has 0 aliphatic rings. The largest absolute Gasteiger partial charge is 0.495 e. The molecule has 0 aliphatic carbocycles. The molecule has 3 nitrogen and oxygen atoms in total. The molecule has 2 N–H and O–H groups in total. The second-order valence-electron chi connectivity index (χ2n) is 4.84. The first-order valence-electron chi connectivity index (χ1n) is 6.38. The summed E-state index contributed by atoms with van der Waals surface area (Å²) >= 11 is 5.98. The minimum absolute atomic E-state index is 0.355. The van der Waals surface area contributed by atoms with Crippen LogP contribution in [-0.2, 0) is 5.60 Å². The van der Waals surface area contributed by atoms with Gasteiger partial charge in [-0.15, -0.1) is 0 Å². The summed E-state index contributed by atoms with van der Waals surface area (Å²) < 4.78 is 5.27. The maximum absolute atomic E-state index is 10.5. The zero-order valence-corrected chi connectivity index (χ0v) is 12.3. The number of benzene rings is 2. The van der Waals surface area contributed by atoms with Gasteiger partial charge in [-0.25, -0.2) is 0 Å². The summed E-state index contributed by atoms with van der Waals surface area (Å²) in [6.45, 7) is 2.13. The third-order valence-corrected chi connectivity index (χ3v) is 3.42. The molecule has 0 saturated heterocycles. The Labute approximate surface area is 124 Å². The van der Waals surface area contributed by atoms with Crippen LogP contribution in [0.15, 0.2) is 48.5 Å². The van der Waals surface area contributed by atoms with E-state index in [0.717, 1.165) is 11.3 Å². The molecule has 2 rings (SSSR count). The lowest BCUT2D eigenvalue weighted by Gasteiger charge is -2.25. The molecular formula is C16H18ClNO2. The van der Waals surface area contributed by atoms with Gasteiger partial charge in [-0.1, -0.05) is 41.9 Å². The van der Waals surface area contributed by atoms with Crippen LogP contribution < -0.4 is 10.1 Å². The van der Waals surface area contributed by atoms with Crippen molar-refractivity contribution in [2.75, 3.05) is 19.0 Å². The van der Waals surface area contributed by atoms with Crippen LogP contribution in [0.1, 0.15) is 12.5 Å². The molecule has 0 spiro atoms. The molecule has 106 valence electrons. The van der Waals surface area contributed by atoms with Crippen LogP contribution >= 0.6 is 11.6 Å². The van der Waals surface area contributed by atoms with Gasteiger partial charge in [0.15, 0.2) is 0 Å². The number of rotatable bonds is 5. The molecule has 4 heteroatoms. The molecule has 2 aromatic carbocycles. The van der Waals surface area contributed by atoms with Gasteiger partial charge in [-0.05, 0) is 30.7 Å². The van der Waals surface area contributed by atoms with E-state index in [0.29, 0.717) is 17.3 Å². The Hall–Kier alpha value is -1.71. The number of hydrogen-bond acceptors (Lipinski definition) is 3. The van der Waals surface area contributed by atoms with E-state index in [4.69, 9.17) is 16.3 Å². The standard InChI is InChI=1S/C16H18ClNO2/c1-16(19,12-6-4-3-5-7-12)11-18-14-10-13(17)8-9-15(14)20-2/h3-10,18-19H,11H2,1-2H3. The Bertz CT molecular complexity index is 570. The average molecular weight is 292 g/mol. The molecule has 0 saturated carbocycles. The Kier molecular flexibility index (Phi) is 4.53. The van der Waals surface area contributed by atoms with Crippen LogP contribution in [0.5, 0.6) is 5.75 Å². The highest BCUT2D eigenvalue weighted by atomic mass is 35.5. The molecule has 0 radical (unpaired) electrons. The fourth-order valence-corrected chi connectivity index (χ4v) is 2.16. The first kappa shape index (κ1) is 14.7. The van der Waals surface area contributed by atoms with Crippen LogP contribution in [-0.4, -0.2) is 18.8 Å². The van der Waals surface area contributed by atoms with E-state index in [1.54, 1.807) is 32.2 Å². The fourth-order valence-electron chi connectivity index (χ4n) is 1.98. The molecule has 0 heterocycles. The number of ether oxygens (including phenoxy) is 1. The molecule has 1 unspecified atom stereocenters. The van der Waals surface area contributed by atoms with E-state index >= 15 is 0 Å². The van der Waals surface area contributed by atoms with Crippen molar-refractivity contribution >= 4 is 17.3 Å². The quantitative estimate of drug-likeness (QED) is 0.883. The Morgan fingerprint density at radius 3 is 2.55 bits per heavy atom. The maximum atomic E-state index is 10.5. The zero-order chi connectivity index (χ0) is 14.6.